The van der Waals surface area contributed by atoms with Crippen molar-refractivity contribution in [3.63, 3.8) is 0 Å². The van der Waals surface area contributed by atoms with Gasteiger partial charge in [-0.05, 0) is 34.1 Å². The number of carbonyl (C=O) groups excluding carboxylic acids is 1. The SMILES string of the molecule is O=Cc1nc(Br)ccc1N1CC[C@H](Oc2ccc(C(F)(F)F)cn2)C1. The quantitative estimate of drug-likeness (QED) is 0.562. The lowest BCUT2D eigenvalue weighted by molar-refractivity contribution is -0.137. The van der Waals surface area contributed by atoms with Gasteiger partial charge in [0.1, 0.15) is 16.4 Å². The fourth-order valence-electron chi connectivity index (χ4n) is 2.63. The molecule has 1 aliphatic heterocycles. The molecule has 132 valence electrons. The van der Waals surface area contributed by atoms with Crippen molar-refractivity contribution in [3.05, 3.63) is 46.3 Å². The lowest BCUT2D eigenvalue weighted by Crippen LogP contribution is -2.25. The number of halogens is 4. The molecule has 0 bridgehead atoms. The Bertz CT molecular complexity index is 768. The molecule has 0 saturated carbocycles. The number of carbonyl (C=O) groups is 1. The number of rotatable bonds is 4. The van der Waals surface area contributed by atoms with Crippen molar-refractivity contribution in [1.29, 1.82) is 0 Å². The number of anilines is 1. The van der Waals surface area contributed by atoms with Crippen LogP contribution in [-0.2, 0) is 6.18 Å². The van der Waals surface area contributed by atoms with Crippen LogP contribution in [0, 0.1) is 0 Å². The first kappa shape index (κ1) is 17.7. The third-order valence-electron chi connectivity index (χ3n) is 3.82. The van der Waals surface area contributed by atoms with Crippen LogP contribution in [0.15, 0.2) is 35.1 Å². The van der Waals surface area contributed by atoms with E-state index in [1.54, 1.807) is 12.1 Å². The van der Waals surface area contributed by atoms with E-state index < -0.39 is 11.7 Å². The van der Waals surface area contributed by atoms with E-state index in [0.29, 0.717) is 41.8 Å². The summed E-state index contributed by atoms with van der Waals surface area (Å²) >= 11 is 3.22. The number of hydrogen-bond acceptors (Lipinski definition) is 5. The van der Waals surface area contributed by atoms with Crippen molar-refractivity contribution in [2.75, 3.05) is 18.0 Å². The maximum absolute atomic E-state index is 12.5. The summed E-state index contributed by atoms with van der Waals surface area (Å²) in [4.78, 5) is 21.0. The number of alkyl halides is 3. The van der Waals surface area contributed by atoms with Crippen LogP contribution in [0.3, 0.4) is 0 Å². The molecule has 3 heterocycles. The molecule has 3 rings (SSSR count). The van der Waals surface area contributed by atoms with E-state index in [4.69, 9.17) is 4.74 Å². The van der Waals surface area contributed by atoms with Crippen molar-refractivity contribution in [1.82, 2.24) is 9.97 Å². The number of pyridine rings is 2. The maximum atomic E-state index is 12.5. The zero-order valence-electron chi connectivity index (χ0n) is 12.8. The molecular formula is C16H13BrF3N3O2. The molecule has 2 aromatic rings. The van der Waals surface area contributed by atoms with Crippen molar-refractivity contribution >= 4 is 27.9 Å². The zero-order valence-corrected chi connectivity index (χ0v) is 14.4. The van der Waals surface area contributed by atoms with Gasteiger partial charge in [-0.3, -0.25) is 4.79 Å². The van der Waals surface area contributed by atoms with Gasteiger partial charge in [-0.1, -0.05) is 0 Å². The Hall–Kier alpha value is -2.16. The highest BCUT2D eigenvalue weighted by atomic mass is 79.9. The van der Waals surface area contributed by atoms with Crippen molar-refractivity contribution in [3.8, 4) is 5.88 Å². The summed E-state index contributed by atoms with van der Waals surface area (Å²) in [6.45, 7) is 1.14. The van der Waals surface area contributed by atoms with E-state index in [1.165, 1.54) is 6.07 Å². The van der Waals surface area contributed by atoms with Crippen LogP contribution in [0.4, 0.5) is 18.9 Å². The minimum atomic E-state index is -4.42. The Balaban J connectivity index is 1.66. The van der Waals surface area contributed by atoms with Gasteiger partial charge in [0.15, 0.2) is 6.29 Å². The second-order valence-corrected chi connectivity index (χ2v) is 6.33. The Kier molecular flexibility index (Phi) is 4.94. The van der Waals surface area contributed by atoms with Crippen molar-refractivity contribution in [2.45, 2.75) is 18.7 Å². The predicted octanol–water partition coefficient (Wildman–Crippen LogP) is 3.73. The summed E-state index contributed by atoms with van der Waals surface area (Å²) in [5.41, 5.74) is 0.205. The molecule has 1 saturated heterocycles. The zero-order chi connectivity index (χ0) is 18.0. The Morgan fingerprint density at radius 3 is 2.72 bits per heavy atom. The second kappa shape index (κ2) is 6.99. The molecule has 0 N–H and O–H groups in total. The molecule has 5 nitrogen and oxygen atoms in total. The minimum absolute atomic E-state index is 0.143. The lowest BCUT2D eigenvalue weighted by atomic mass is 10.3. The fraction of sp³-hybridized carbons (Fsp3) is 0.312. The Morgan fingerprint density at radius 2 is 2.08 bits per heavy atom. The first-order chi connectivity index (χ1) is 11.9. The predicted molar refractivity (Wildman–Crippen MR) is 87.8 cm³/mol. The van der Waals surface area contributed by atoms with Crippen LogP contribution >= 0.6 is 15.9 Å². The van der Waals surface area contributed by atoms with Gasteiger partial charge in [0.2, 0.25) is 5.88 Å². The molecule has 0 amide bonds. The molecule has 1 atom stereocenters. The number of aldehydes is 1. The third kappa shape index (κ3) is 4.09. The number of nitrogens with zero attached hydrogens (tertiary/aromatic N) is 3. The minimum Gasteiger partial charge on any atom is -0.472 e. The van der Waals surface area contributed by atoms with Gasteiger partial charge in [0, 0.05) is 25.2 Å². The van der Waals surface area contributed by atoms with E-state index >= 15 is 0 Å². The van der Waals surface area contributed by atoms with Crippen LogP contribution in [0.5, 0.6) is 5.88 Å². The van der Waals surface area contributed by atoms with Gasteiger partial charge in [-0.15, -0.1) is 0 Å². The first-order valence-electron chi connectivity index (χ1n) is 7.43. The average Bonchev–Trinajstić information content (AvgIpc) is 3.02. The van der Waals surface area contributed by atoms with E-state index in [0.717, 1.165) is 12.3 Å². The summed E-state index contributed by atoms with van der Waals surface area (Å²) in [6, 6.07) is 5.69. The normalized spacial score (nSPS) is 17.6. The highest BCUT2D eigenvalue weighted by Crippen LogP contribution is 2.30. The summed E-state index contributed by atoms with van der Waals surface area (Å²) in [6.07, 6.45) is -2.55. The molecule has 25 heavy (non-hydrogen) atoms. The molecule has 0 radical (unpaired) electrons. The summed E-state index contributed by atoms with van der Waals surface area (Å²) < 4.78 is 43.8. The smallest absolute Gasteiger partial charge is 0.417 e. The van der Waals surface area contributed by atoms with Crippen LogP contribution < -0.4 is 9.64 Å². The highest BCUT2D eigenvalue weighted by molar-refractivity contribution is 9.10. The molecule has 0 aromatic carbocycles. The number of ether oxygens (including phenoxy) is 1. The molecule has 0 spiro atoms. The van der Waals surface area contributed by atoms with Gasteiger partial charge in [-0.25, -0.2) is 9.97 Å². The Labute approximate surface area is 150 Å². The lowest BCUT2D eigenvalue weighted by Gasteiger charge is -2.20. The van der Waals surface area contributed by atoms with Gasteiger partial charge in [-0.2, -0.15) is 13.2 Å². The van der Waals surface area contributed by atoms with Gasteiger partial charge in [0.25, 0.3) is 0 Å². The summed E-state index contributed by atoms with van der Waals surface area (Å²) in [5.74, 6) is 0.143. The molecule has 1 aliphatic rings. The van der Waals surface area contributed by atoms with Gasteiger partial charge >= 0.3 is 6.18 Å². The van der Waals surface area contributed by atoms with E-state index in [9.17, 15) is 18.0 Å². The highest BCUT2D eigenvalue weighted by Gasteiger charge is 2.31. The van der Waals surface area contributed by atoms with Crippen LogP contribution in [0.2, 0.25) is 0 Å². The van der Waals surface area contributed by atoms with Crippen molar-refractivity contribution in [2.24, 2.45) is 0 Å². The van der Waals surface area contributed by atoms with Crippen LogP contribution in [0.25, 0.3) is 0 Å². The van der Waals surface area contributed by atoms with E-state index in [1.807, 2.05) is 4.90 Å². The molecule has 0 aliphatic carbocycles. The monoisotopic (exact) mass is 415 g/mol. The largest absolute Gasteiger partial charge is 0.472 e. The fourth-order valence-corrected chi connectivity index (χ4v) is 2.95. The topological polar surface area (TPSA) is 55.3 Å². The van der Waals surface area contributed by atoms with E-state index in [2.05, 4.69) is 25.9 Å². The summed E-state index contributed by atoms with van der Waals surface area (Å²) in [5, 5.41) is 0. The van der Waals surface area contributed by atoms with Crippen LogP contribution in [0.1, 0.15) is 22.5 Å². The second-order valence-electron chi connectivity index (χ2n) is 5.51. The third-order valence-corrected chi connectivity index (χ3v) is 4.26. The molecule has 2 aromatic heterocycles. The molecule has 0 unspecified atom stereocenters. The number of hydrogen-bond donors (Lipinski definition) is 0. The average molecular weight is 416 g/mol. The maximum Gasteiger partial charge on any atom is 0.417 e. The molecular weight excluding hydrogens is 403 g/mol. The van der Waals surface area contributed by atoms with E-state index in [-0.39, 0.29) is 12.0 Å². The first-order valence-corrected chi connectivity index (χ1v) is 8.22. The number of aromatic nitrogens is 2. The molecule has 9 heteroatoms. The van der Waals surface area contributed by atoms with Gasteiger partial charge in [0.05, 0.1) is 17.8 Å². The van der Waals surface area contributed by atoms with Gasteiger partial charge < -0.3 is 9.64 Å². The Morgan fingerprint density at radius 1 is 1.28 bits per heavy atom. The van der Waals surface area contributed by atoms with Crippen LogP contribution in [-0.4, -0.2) is 35.4 Å². The van der Waals surface area contributed by atoms with Crippen molar-refractivity contribution < 1.29 is 22.7 Å². The molecule has 1 fully saturated rings. The standard InChI is InChI=1S/C16H13BrF3N3O2/c17-14-3-2-13(12(9-24)22-14)23-6-5-11(8-23)25-15-4-1-10(7-21-15)16(18,19)20/h1-4,7,9,11H,5-6,8H2/t11-/m0/s1. The summed E-state index contributed by atoms with van der Waals surface area (Å²) in [7, 11) is 0.